The maximum Gasteiger partial charge on any atom is 0.417 e. The topological polar surface area (TPSA) is 48.8 Å². The van der Waals surface area contributed by atoms with Crippen LogP contribution in [-0.2, 0) is 10.9 Å². The van der Waals surface area contributed by atoms with Crippen molar-refractivity contribution in [2.75, 3.05) is 44.3 Å². The first-order chi connectivity index (χ1) is 12.3. The first-order valence-electron chi connectivity index (χ1n) is 9.16. The van der Waals surface area contributed by atoms with Crippen LogP contribution in [0.5, 0.6) is 0 Å². The van der Waals surface area contributed by atoms with Gasteiger partial charge in [0.15, 0.2) is 0 Å². The summed E-state index contributed by atoms with van der Waals surface area (Å²) in [6, 6.07) is 2.88. The number of anilines is 1. The van der Waals surface area contributed by atoms with Gasteiger partial charge in [0.25, 0.3) is 0 Å². The van der Waals surface area contributed by atoms with Crippen LogP contribution >= 0.6 is 0 Å². The SMILES string of the molecule is OC1(CN2CCC3CN(c4ccc(C(F)(F)F)cn4)CC32)CCOCC1. The summed E-state index contributed by atoms with van der Waals surface area (Å²) < 4.78 is 43.5. The molecule has 5 nitrogen and oxygen atoms in total. The molecule has 2 atom stereocenters. The van der Waals surface area contributed by atoms with E-state index in [4.69, 9.17) is 4.74 Å². The third-order valence-electron chi connectivity index (χ3n) is 5.98. The van der Waals surface area contributed by atoms with Gasteiger partial charge in [0.2, 0.25) is 0 Å². The molecule has 0 saturated carbocycles. The fraction of sp³-hybridized carbons (Fsp3) is 0.722. The summed E-state index contributed by atoms with van der Waals surface area (Å²) in [5.74, 6) is 1.07. The summed E-state index contributed by atoms with van der Waals surface area (Å²) in [7, 11) is 0. The van der Waals surface area contributed by atoms with Gasteiger partial charge in [-0.05, 0) is 31.0 Å². The molecule has 1 N–H and O–H groups in total. The second-order valence-corrected chi connectivity index (χ2v) is 7.73. The van der Waals surface area contributed by atoms with E-state index in [1.54, 1.807) is 0 Å². The molecule has 1 aromatic heterocycles. The lowest BCUT2D eigenvalue weighted by atomic mass is 9.93. The van der Waals surface area contributed by atoms with E-state index < -0.39 is 17.3 Å². The van der Waals surface area contributed by atoms with Gasteiger partial charge in [-0.2, -0.15) is 13.2 Å². The number of halogens is 3. The number of likely N-dealkylation sites (tertiary alicyclic amines) is 1. The molecule has 144 valence electrons. The summed E-state index contributed by atoms with van der Waals surface area (Å²) in [4.78, 5) is 8.44. The predicted octanol–water partition coefficient (Wildman–Crippen LogP) is 2.15. The molecular formula is C18H24F3N3O2. The molecule has 0 radical (unpaired) electrons. The molecule has 0 bridgehead atoms. The maximum atomic E-state index is 12.7. The van der Waals surface area contributed by atoms with E-state index in [0.29, 0.717) is 50.4 Å². The molecular weight excluding hydrogens is 347 g/mol. The number of hydrogen-bond donors (Lipinski definition) is 1. The number of nitrogens with zero attached hydrogens (tertiary/aromatic N) is 3. The van der Waals surface area contributed by atoms with Crippen molar-refractivity contribution in [2.45, 2.75) is 37.1 Å². The van der Waals surface area contributed by atoms with Gasteiger partial charge in [0.1, 0.15) is 5.82 Å². The molecule has 0 aromatic carbocycles. The molecule has 0 spiro atoms. The molecule has 3 aliphatic heterocycles. The fourth-order valence-electron chi connectivity index (χ4n) is 4.46. The van der Waals surface area contributed by atoms with Crippen LogP contribution in [-0.4, -0.2) is 66.0 Å². The van der Waals surface area contributed by atoms with Crippen molar-refractivity contribution in [3.63, 3.8) is 0 Å². The number of aromatic nitrogens is 1. The first-order valence-corrected chi connectivity index (χ1v) is 9.16. The average Bonchev–Trinajstić information content (AvgIpc) is 3.17. The minimum Gasteiger partial charge on any atom is -0.388 e. The molecule has 3 saturated heterocycles. The molecule has 1 aromatic rings. The van der Waals surface area contributed by atoms with E-state index in [0.717, 1.165) is 38.3 Å². The Morgan fingerprint density at radius 3 is 2.65 bits per heavy atom. The smallest absolute Gasteiger partial charge is 0.388 e. The van der Waals surface area contributed by atoms with Crippen molar-refractivity contribution in [1.82, 2.24) is 9.88 Å². The zero-order valence-electron chi connectivity index (χ0n) is 14.6. The summed E-state index contributed by atoms with van der Waals surface area (Å²) in [5, 5.41) is 10.8. The lowest BCUT2D eigenvalue weighted by Crippen LogP contribution is -2.49. The minimum atomic E-state index is -4.36. The van der Waals surface area contributed by atoms with Crippen molar-refractivity contribution in [3.8, 4) is 0 Å². The number of fused-ring (bicyclic) bond motifs is 1. The molecule has 0 aliphatic carbocycles. The highest BCUT2D eigenvalue weighted by molar-refractivity contribution is 5.42. The van der Waals surface area contributed by atoms with Crippen molar-refractivity contribution >= 4 is 5.82 Å². The monoisotopic (exact) mass is 371 g/mol. The predicted molar refractivity (Wildman–Crippen MR) is 89.9 cm³/mol. The number of pyridine rings is 1. The third kappa shape index (κ3) is 3.54. The second kappa shape index (κ2) is 6.65. The molecule has 3 fully saturated rings. The molecule has 4 heterocycles. The maximum absolute atomic E-state index is 12.7. The number of rotatable bonds is 3. The number of ether oxygens (including phenoxy) is 1. The molecule has 2 unspecified atom stereocenters. The molecule has 26 heavy (non-hydrogen) atoms. The Morgan fingerprint density at radius 1 is 1.23 bits per heavy atom. The summed E-state index contributed by atoms with van der Waals surface area (Å²) in [6.45, 7) is 4.36. The van der Waals surface area contributed by atoms with Gasteiger partial charge in [-0.1, -0.05) is 0 Å². The third-order valence-corrected chi connectivity index (χ3v) is 5.98. The van der Waals surface area contributed by atoms with E-state index in [9.17, 15) is 18.3 Å². The molecule has 3 aliphatic rings. The van der Waals surface area contributed by atoms with Crippen molar-refractivity contribution < 1.29 is 23.0 Å². The first kappa shape index (κ1) is 18.0. The largest absolute Gasteiger partial charge is 0.417 e. The highest BCUT2D eigenvalue weighted by Gasteiger charge is 2.44. The van der Waals surface area contributed by atoms with Gasteiger partial charge in [0, 0.05) is 57.9 Å². The number of hydrogen-bond acceptors (Lipinski definition) is 5. The minimum absolute atomic E-state index is 0.325. The van der Waals surface area contributed by atoms with E-state index in [2.05, 4.69) is 14.8 Å². The Balaban J connectivity index is 1.41. The quantitative estimate of drug-likeness (QED) is 0.882. The lowest BCUT2D eigenvalue weighted by Gasteiger charge is -2.37. The van der Waals surface area contributed by atoms with Crippen LogP contribution in [0.25, 0.3) is 0 Å². The highest BCUT2D eigenvalue weighted by Crippen LogP contribution is 2.36. The van der Waals surface area contributed by atoms with Crippen LogP contribution < -0.4 is 4.90 Å². The van der Waals surface area contributed by atoms with Gasteiger partial charge in [-0.3, -0.25) is 4.90 Å². The van der Waals surface area contributed by atoms with E-state index in [1.165, 1.54) is 6.07 Å². The normalized spacial score (nSPS) is 29.2. The Kier molecular flexibility index (Phi) is 4.61. The van der Waals surface area contributed by atoms with Gasteiger partial charge in [0.05, 0.1) is 11.2 Å². The molecule has 0 amide bonds. The Hall–Kier alpha value is -1.38. The number of alkyl halides is 3. The molecule has 8 heteroatoms. The Labute approximate surface area is 150 Å². The summed E-state index contributed by atoms with van der Waals surface area (Å²) in [6.07, 6.45) is -1.08. The Bertz CT molecular complexity index is 632. The standard InChI is InChI=1S/C18H24F3N3O2/c19-18(20,21)14-1-2-16(22-9-14)24-10-13-3-6-23(15(13)11-24)12-17(25)4-7-26-8-5-17/h1-2,9,13,15,25H,3-8,10-12H2. The van der Waals surface area contributed by atoms with Gasteiger partial charge in [-0.15, -0.1) is 0 Å². The number of β-amino-alcohol motifs (C(OH)–C–C–N with tert-alkyl or cyclic N) is 1. The number of aliphatic hydroxyl groups is 1. The Morgan fingerprint density at radius 2 is 2.00 bits per heavy atom. The van der Waals surface area contributed by atoms with Crippen molar-refractivity contribution in [1.29, 1.82) is 0 Å². The van der Waals surface area contributed by atoms with Gasteiger partial charge >= 0.3 is 6.18 Å². The fourth-order valence-corrected chi connectivity index (χ4v) is 4.46. The summed E-state index contributed by atoms with van der Waals surface area (Å²) >= 11 is 0. The van der Waals surface area contributed by atoms with Crippen LogP contribution in [0.2, 0.25) is 0 Å². The summed E-state index contributed by atoms with van der Waals surface area (Å²) in [5.41, 5.74) is -1.41. The van der Waals surface area contributed by atoms with Crippen LogP contribution in [0.4, 0.5) is 19.0 Å². The van der Waals surface area contributed by atoms with Gasteiger partial charge < -0.3 is 14.7 Å². The highest BCUT2D eigenvalue weighted by atomic mass is 19.4. The van der Waals surface area contributed by atoms with Gasteiger partial charge in [-0.25, -0.2) is 4.98 Å². The van der Waals surface area contributed by atoms with Crippen molar-refractivity contribution in [2.24, 2.45) is 5.92 Å². The van der Waals surface area contributed by atoms with E-state index in [-0.39, 0.29) is 0 Å². The average molecular weight is 371 g/mol. The van der Waals surface area contributed by atoms with Crippen LogP contribution in [0.3, 0.4) is 0 Å². The van der Waals surface area contributed by atoms with Crippen LogP contribution in [0, 0.1) is 5.92 Å². The zero-order valence-corrected chi connectivity index (χ0v) is 14.6. The van der Waals surface area contributed by atoms with Crippen LogP contribution in [0.15, 0.2) is 18.3 Å². The zero-order chi connectivity index (χ0) is 18.4. The van der Waals surface area contributed by atoms with Crippen LogP contribution in [0.1, 0.15) is 24.8 Å². The van der Waals surface area contributed by atoms with E-state index >= 15 is 0 Å². The molecule has 4 rings (SSSR count). The van der Waals surface area contributed by atoms with E-state index in [1.807, 2.05) is 0 Å². The second-order valence-electron chi connectivity index (χ2n) is 7.73. The lowest BCUT2D eigenvalue weighted by molar-refractivity contribution is -0.137. The van der Waals surface area contributed by atoms with Crippen molar-refractivity contribution in [3.05, 3.63) is 23.9 Å².